The third kappa shape index (κ3) is 2.73. The molecule has 5 nitrogen and oxygen atoms in total. The van der Waals surface area contributed by atoms with Gasteiger partial charge in [0.1, 0.15) is 5.82 Å². The molecule has 0 aromatic carbocycles. The van der Waals surface area contributed by atoms with Crippen LogP contribution < -0.4 is 0 Å². The third-order valence-corrected chi connectivity index (χ3v) is 4.57. The molecule has 2 aromatic heterocycles. The van der Waals surface area contributed by atoms with Gasteiger partial charge in [0.15, 0.2) is 0 Å². The number of rotatable bonds is 4. The van der Waals surface area contributed by atoms with Gasteiger partial charge in [-0.1, -0.05) is 0 Å². The molecule has 1 aliphatic rings. The maximum absolute atomic E-state index is 11.8. The Bertz CT molecular complexity index is 678. The summed E-state index contributed by atoms with van der Waals surface area (Å²) in [7, 11) is 1.40. The van der Waals surface area contributed by atoms with Gasteiger partial charge in [-0.15, -0.1) is 0 Å². The number of ether oxygens (including phenoxy) is 1. The molecule has 0 aliphatic carbocycles. The maximum Gasteiger partial charge on any atom is 0.340 e. The molecule has 1 atom stereocenters. The second-order valence-electron chi connectivity index (χ2n) is 6.29. The molecule has 1 aliphatic heterocycles. The number of fused-ring (bicyclic) bond motifs is 1. The molecule has 0 spiro atoms. The first-order chi connectivity index (χ1) is 10.6. The monoisotopic (exact) mass is 301 g/mol. The quantitative estimate of drug-likeness (QED) is 0.814. The molecule has 2 aromatic rings. The van der Waals surface area contributed by atoms with Gasteiger partial charge in [0.25, 0.3) is 0 Å². The number of methoxy groups -OCH3 is 1. The average Bonchev–Trinajstić information content (AvgIpc) is 3.14. The van der Waals surface area contributed by atoms with Crippen molar-refractivity contribution in [3.8, 4) is 0 Å². The predicted molar refractivity (Wildman–Crippen MR) is 85.1 cm³/mol. The average molecular weight is 301 g/mol. The summed E-state index contributed by atoms with van der Waals surface area (Å²) in [6, 6.07) is 4.26. The third-order valence-electron chi connectivity index (χ3n) is 4.57. The summed E-state index contributed by atoms with van der Waals surface area (Å²) in [5, 5.41) is 0. The van der Waals surface area contributed by atoms with Crippen LogP contribution in [0.2, 0.25) is 0 Å². The molecule has 5 heteroatoms. The lowest BCUT2D eigenvalue weighted by molar-refractivity contribution is 0.0602. The molecule has 1 saturated heterocycles. The van der Waals surface area contributed by atoms with Gasteiger partial charge in [0.2, 0.25) is 0 Å². The van der Waals surface area contributed by atoms with Crippen molar-refractivity contribution >= 4 is 11.5 Å². The van der Waals surface area contributed by atoms with Crippen LogP contribution in [0.15, 0.2) is 24.5 Å². The van der Waals surface area contributed by atoms with Crippen LogP contribution in [-0.4, -0.2) is 46.5 Å². The predicted octanol–water partition coefficient (Wildman–Crippen LogP) is 2.39. The molecule has 3 heterocycles. The Morgan fingerprint density at radius 1 is 1.50 bits per heavy atom. The number of likely N-dealkylation sites (tertiary alicyclic amines) is 1. The smallest absolute Gasteiger partial charge is 0.340 e. The van der Waals surface area contributed by atoms with Crippen LogP contribution in [0, 0.1) is 5.92 Å². The number of nitrogens with zero attached hydrogens (tertiary/aromatic N) is 3. The molecule has 3 rings (SSSR count). The fraction of sp³-hybridized carbons (Fsp3) is 0.529. The highest BCUT2D eigenvalue weighted by Gasteiger charge is 2.25. The first kappa shape index (κ1) is 15.0. The van der Waals surface area contributed by atoms with Crippen LogP contribution in [0.5, 0.6) is 0 Å². The number of hydrogen-bond acceptors (Lipinski definition) is 4. The van der Waals surface area contributed by atoms with Gasteiger partial charge in [0, 0.05) is 25.2 Å². The lowest BCUT2D eigenvalue weighted by Gasteiger charge is -2.20. The Labute approximate surface area is 130 Å². The van der Waals surface area contributed by atoms with E-state index in [0.717, 1.165) is 24.3 Å². The van der Waals surface area contributed by atoms with Gasteiger partial charge >= 0.3 is 5.97 Å². The van der Waals surface area contributed by atoms with Crippen molar-refractivity contribution < 1.29 is 9.53 Å². The van der Waals surface area contributed by atoms with Gasteiger partial charge in [-0.2, -0.15) is 0 Å². The number of esters is 1. The Morgan fingerprint density at radius 3 is 3.00 bits per heavy atom. The van der Waals surface area contributed by atoms with E-state index in [1.54, 1.807) is 12.3 Å². The van der Waals surface area contributed by atoms with E-state index >= 15 is 0 Å². The van der Waals surface area contributed by atoms with E-state index in [1.807, 2.05) is 16.7 Å². The molecule has 0 N–H and O–H groups in total. The van der Waals surface area contributed by atoms with Crippen LogP contribution >= 0.6 is 0 Å². The second-order valence-corrected chi connectivity index (χ2v) is 6.29. The summed E-state index contributed by atoms with van der Waals surface area (Å²) in [5.74, 6) is 1.34. The Kier molecular flexibility index (Phi) is 4.16. The van der Waals surface area contributed by atoms with Crippen LogP contribution in [-0.2, 0) is 11.2 Å². The Balaban J connectivity index is 1.82. The standard InChI is InChI=1S/C17H23N3O2/c1-12(2)19-8-6-13(11-19)9-16-18-10-15-14(17(21)22-3)5-4-7-20(15)16/h4-5,7,10,12-13H,6,8-9,11H2,1-3H3. The zero-order valence-corrected chi connectivity index (χ0v) is 13.5. The van der Waals surface area contributed by atoms with E-state index in [2.05, 4.69) is 23.7 Å². The van der Waals surface area contributed by atoms with E-state index in [9.17, 15) is 4.79 Å². The second kappa shape index (κ2) is 6.08. The van der Waals surface area contributed by atoms with E-state index in [4.69, 9.17) is 4.74 Å². The van der Waals surface area contributed by atoms with E-state index in [1.165, 1.54) is 20.1 Å². The van der Waals surface area contributed by atoms with Crippen molar-refractivity contribution in [2.45, 2.75) is 32.7 Å². The highest BCUT2D eigenvalue weighted by Crippen LogP contribution is 2.23. The lowest BCUT2D eigenvalue weighted by Crippen LogP contribution is -2.28. The summed E-state index contributed by atoms with van der Waals surface area (Å²) in [5.41, 5.74) is 1.39. The summed E-state index contributed by atoms with van der Waals surface area (Å²) in [6.45, 7) is 6.79. The number of carbonyl (C=O) groups excluding carboxylic acids is 1. The van der Waals surface area contributed by atoms with E-state index in [0.29, 0.717) is 17.5 Å². The van der Waals surface area contributed by atoms with Crippen LogP contribution in [0.1, 0.15) is 36.5 Å². The van der Waals surface area contributed by atoms with Crippen LogP contribution in [0.4, 0.5) is 0 Å². The van der Waals surface area contributed by atoms with Crippen LogP contribution in [0.3, 0.4) is 0 Å². The van der Waals surface area contributed by atoms with Gasteiger partial charge in [-0.05, 0) is 44.9 Å². The van der Waals surface area contributed by atoms with E-state index in [-0.39, 0.29) is 5.97 Å². The minimum atomic E-state index is -0.316. The van der Waals surface area contributed by atoms with Crippen molar-refractivity contribution in [1.29, 1.82) is 0 Å². The minimum absolute atomic E-state index is 0.316. The largest absolute Gasteiger partial charge is 0.465 e. The molecule has 0 saturated carbocycles. The molecule has 1 fully saturated rings. The first-order valence-electron chi connectivity index (χ1n) is 7.87. The summed E-state index contributed by atoms with van der Waals surface area (Å²) in [6.07, 6.45) is 5.90. The number of carbonyl (C=O) groups is 1. The van der Waals surface area contributed by atoms with Crippen molar-refractivity contribution in [3.63, 3.8) is 0 Å². The molecule has 118 valence electrons. The van der Waals surface area contributed by atoms with Gasteiger partial charge in [0.05, 0.1) is 24.4 Å². The molecule has 0 bridgehead atoms. The van der Waals surface area contributed by atoms with Gasteiger partial charge in [-0.3, -0.25) is 0 Å². The summed E-state index contributed by atoms with van der Waals surface area (Å²) in [4.78, 5) is 18.9. The number of hydrogen-bond donors (Lipinski definition) is 0. The van der Waals surface area contributed by atoms with Crippen molar-refractivity contribution in [2.75, 3.05) is 20.2 Å². The van der Waals surface area contributed by atoms with Gasteiger partial charge < -0.3 is 14.0 Å². The highest BCUT2D eigenvalue weighted by atomic mass is 16.5. The Morgan fingerprint density at radius 2 is 2.32 bits per heavy atom. The molecule has 0 radical (unpaired) electrons. The van der Waals surface area contributed by atoms with E-state index < -0.39 is 0 Å². The maximum atomic E-state index is 11.8. The highest BCUT2D eigenvalue weighted by molar-refractivity contribution is 5.96. The van der Waals surface area contributed by atoms with Gasteiger partial charge in [-0.25, -0.2) is 9.78 Å². The number of aromatic nitrogens is 2. The molecular formula is C17H23N3O2. The topological polar surface area (TPSA) is 46.8 Å². The van der Waals surface area contributed by atoms with Crippen LogP contribution in [0.25, 0.3) is 5.52 Å². The lowest BCUT2D eigenvalue weighted by atomic mass is 10.0. The van der Waals surface area contributed by atoms with Crippen molar-refractivity contribution in [2.24, 2.45) is 5.92 Å². The van der Waals surface area contributed by atoms with Crippen molar-refractivity contribution in [1.82, 2.24) is 14.3 Å². The molecule has 22 heavy (non-hydrogen) atoms. The molecule has 1 unspecified atom stereocenters. The fourth-order valence-electron chi connectivity index (χ4n) is 3.27. The fourth-order valence-corrected chi connectivity index (χ4v) is 3.27. The number of pyridine rings is 1. The summed E-state index contributed by atoms with van der Waals surface area (Å²) >= 11 is 0. The Hall–Kier alpha value is -1.88. The molecule has 0 amide bonds. The zero-order valence-electron chi connectivity index (χ0n) is 13.5. The zero-order chi connectivity index (χ0) is 15.7. The molecular weight excluding hydrogens is 278 g/mol. The number of imidazole rings is 1. The SMILES string of the molecule is COC(=O)c1cccn2c(CC3CCN(C(C)C)C3)ncc12. The minimum Gasteiger partial charge on any atom is -0.465 e. The first-order valence-corrected chi connectivity index (χ1v) is 7.87. The summed E-state index contributed by atoms with van der Waals surface area (Å²) < 4.78 is 6.86. The normalized spacial score (nSPS) is 19.2. The van der Waals surface area contributed by atoms with Crippen molar-refractivity contribution in [3.05, 3.63) is 35.9 Å².